The van der Waals surface area contributed by atoms with E-state index in [1.54, 1.807) is 30.3 Å². The van der Waals surface area contributed by atoms with Crippen molar-refractivity contribution < 1.29 is 33.0 Å². The van der Waals surface area contributed by atoms with E-state index >= 15 is 0 Å². The van der Waals surface area contributed by atoms with Gasteiger partial charge in [-0.25, -0.2) is 14.6 Å². The summed E-state index contributed by atoms with van der Waals surface area (Å²) in [7, 11) is 2.89. The van der Waals surface area contributed by atoms with Gasteiger partial charge in [-0.2, -0.15) is 5.10 Å². The Kier molecular flexibility index (Phi) is 8.36. The summed E-state index contributed by atoms with van der Waals surface area (Å²) in [5.74, 6) is -2.43. The summed E-state index contributed by atoms with van der Waals surface area (Å²) in [6, 6.07) is 14.5. The maximum atomic E-state index is 13.2. The van der Waals surface area contributed by atoms with Crippen LogP contribution in [0.3, 0.4) is 0 Å². The Bertz CT molecular complexity index is 1300. The van der Waals surface area contributed by atoms with Crippen molar-refractivity contribution >= 4 is 41.3 Å². The first kappa shape index (κ1) is 25.2. The molecule has 0 unspecified atom stereocenters. The van der Waals surface area contributed by atoms with Crippen LogP contribution in [-0.4, -0.2) is 38.2 Å². The molecule has 0 radical (unpaired) electrons. The molecule has 0 fully saturated rings. The number of esters is 1. The third-order valence-electron chi connectivity index (χ3n) is 4.46. The molecule has 3 aromatic rings. The van der Waals surface area contributed by atoms with E-state index in [1.165, 1.54) is 44.7 Å². The average Bonchev–Trinajstić information content (AvgIpc) is 2.86. The van der Waals surface area contributed by atoms with Crippen LogP contribution in [0, 0.1) is 5.82 Å². The highest BCUT2D eigenvalue weighted by Gasteiger charge is 2.15. The molecule has 0 bridgehead atoms. The molecular formula is C24H19ClFN3O6. The molecule has 11 heteroatoms. The number of halogens is 2. The van der Waals surface area contributed by atoms with Crippen LogP contribution < -0.4 is 25.0 Å². The van der Waals surface area contributed by atoms with Crippen molar-refractivity contribution in [3.63, 3.8) is 0 Å². The Morgan fingerprint density at radius 1 is 0.943 bits per heavy atom. The lowest BCUT2D eigenvalue weighted by Crippen LogP contribution is -2.32. The third kappa shape index (κ3) is 6.78. The van der Waals surface area contributed by atoms with Crippen LogP contribution in [0.15, 0.2) is 65.8 Å². The number of hydrogen-bond donors (Lipinski definition) is 2. The Morgan fingerprint density at radius 3 is 2.46 bits per heavy atom. The van der Waals surface area contributed by atoms with Crippen molar-refractivity contribution in [2.45, 2.75) is 0 Å². The predicted molar refractivity (Wildman–Crippen MR) is 127 cm³/mol. The van der Waals surface area contributed by atoms with E-state index in [-0.39, 0.29) is 22.2 Å². The van der Waals surface area contributed by atoms with Gasteiger partial charge in [-0.15, -0.1) is 0 Å². The van der Waals surface area contributed by atoms with Gasteiger partial charge in [0.1, 0.15) is 11.6 Å². The lowest BCUT2D eigenvalue weighted by Gasteiger charge is -2.10. The molecular weight excluding hydrogens is 481 g/mol. The number of nitrogens with zero attached hydrogens (tertiary/aromatic N) is 1. The Hall–Kier alpha value is -4.44. The van der Waals surface area contributed by atoms with E-state index in [2.05, 4.69) is 15.8 Å². The summed E-state index contributed by atoms with van der Waals surface area (Å²) in [5, 5.41) is 5.79. The van der Waals surface area contributed by atoms with Crippen molar-refractivity contribution in [2.75, 3.05) is 19.5 Å². The van der Waals surface area contributed by atoms with E-state index in [1.807, 2.05) is 0 Å². The molecule has 0 heterocycles. The zero-order chi connectivity index (χ0) is 25.4. The number of amides is 2. The fraction of sp³-hybridized carbons (Fsp3) is 0.0833. The monoisotopic (exact) mass is 499 g/mol. The molecule has 2 amide bonds. The second-order valence-corrected chi connectivity index (χ2v) is 7.22. The fourth-order valence-electron chi connectivity index (χ4n) is 2.74. The Morgan fingerprint density at radius 2 is 1.74 bits per heavy atom. The standard InChI is InChI=1S/C24H19ClFN3O6/c1-33-17-5-3-4-15(11-17)24(32)35-20-9-6-14(10-21(20)34-2)13-27-29-23(31)22(30)28-16-7-8-19(26)18(25)12-16/h3-13H,1-2H3,(H,28,30)(H,29,31)/b27-13+. The van der Waals surface area contributed by atoms with Gasteiger partial charge in [0, 0.05) is 5.69 Å². The quantitative estimate of drug-likeness (QED) is 0.168. The zero-order valence-corrected chi connectivity index (χ0v) is 19.3. The minimum absolute atomic E-state index is 0.143. The summed E-state index contributed by atoms with van der Waals surface area (Å²) in [4.78, 5) is 36.3. The summed E-state index contributed by atoms with van der Waals surface area (Å²) in [6.07, 6.45) is 1.26. The van der Waals surface area contributed by atoms with Crippen LogP contribution >= 0.6 is 11.6 Å². The Labute approximate surface area is 204 Å². The second kappa shape index (κ2) is 11.6. The fourth-order valence-corrected chi connectivity index (χ4v) is 2.92. The highest BCUT2D eigenvalue weighted by atomic mass is 35.5. The van der Waals surface area contributed by atoms with Crippen LogP contribution in [0.5, 0.6) is 17.2 Å². The van der Waals surface area contributed by atoms with E-state index < -0.39 is 23.6 Å². The van der Waals surface area contributed by atoms with E-state index in [4.69, 9.17) is 25.8 Å². The summed E-state index contributed by atoms with van der Waals surface area (Å²) < 4.78 is 29.0. The van der Waals surface area contributed by atoms with Crippen molar-refractivity contribution in [1.82, 2.24) is 5.43 Å². The number of ether oxygens (including phenoxy) is 3. The molecule has 0 atom stereocenters. The van der Waals surface area contributed by atoms with Gasteiger partial charge >= 0.3 is 17.8 Å². The van der Waals surface area contributed by atoms with Crippen molar-refractivity contribution in [1.29, 1.82) is 0 Å². The first-order chi connectivity index (χ1) is 16.8. The van der Waals surface area contributed by atoms with Crippen LogP contribution in [0.4, 0.5) is 10.1 Å². The zero-order valence-electron chi connectivity index (χ0n) is 18.5. The number of methoxy groups -OCH3 is 2. The highest BCUT2D eigenvalue weighted by molar-refractivity contribution is 6.39. The third-order valence-corrected chi connectivity index (χ3v) is 4.75. The van der Waals surface area contributed by atoms with Gasteiger partial charge in [-0.05, 0) is 60.2 Å². The molecule has 0 aliphatic carbocycles. The van der Waals surface area contributed by atoms with Crippen molar-refractivity contribution in [3.05, 3.63) is 82.6 Å². The van der Waals surface area contributed by atoms with Crippen molar-refractivity contribution in [2.24, 2.45) is 5.10 Å². The minimum Gasteiger partial charge on any atom is -0.497 e. The summed E-state index contributed by atoms with van der Waals surface area (Å²) >= 11 is 5.64. The van der Waals surface area contributed by atoms with Crippen LogP contribution in [0.1, 0.15) is 15.9 Å². The van der Waals surface area contributed by atoms with Gasteiger partial charge in [0.05, 0.1) is 31.0 Å². The minimum atomic E-state index is -1.06. The maximum Gasteiger partial charge on any atom is 0.343 e. The maximum absolute atomic E-state index is 13.2. The van der Waals surface area contributed by atoms with Gasteiger partial charge in [0.2, 0.25) is 0 Å². The lowest BCUT2D eigenvalue weighted by molar-refractivity contribution is -0.136. The van der Waals surface area contributed by atoms with Gasteiger partial charge in [0.25, 0.3) is 0 Å². The molecule has 2 N–H and O–H groups in total. The first-order valence-electron chi connectivity index (χ1n) is 9.94. The number of nitrogens with one attached hydrogen (secondary N) is 2. The van der Waals surface area contributed by atoms with Crippen molar-refractivity contribution in [3.8, 4) is 17.2 Å². The highest BCUT2D eigenvalue weighted by Crippen LogP contribution is 2.28. The number of carbonyl (C=O) groups excluding carboxylic acids is 3. The molecule has 0 spiro atoms. The van der Waals surface area contributed by atoms with E-state index in [0.29, 0.717) is 16.9 Å². The first-order valence-corrected chi connectivity index (χ1v) is 10.3. The molecule has 180 valence electrons. The number of hydrazone groups is 1. The van der Waals surface area contributed by atoms with E-state index in [9.17, 15) is 18.8 Å². The largest absolute Gasteiger partial charge is 0.497 e. The summed E-state index contributed by atoms with van der Waals surface area (Å²) in [5.41, 5.74) is 2.98. The number of hydrogen-bond acceptors (Lipinski definition) is 7. The van der Waals surface area contributed by atoms with Crippen LogP contribution in [0.25, 0.3) is 0 Å². The number of rotatable bonds is 7. The van der Waals surface area contributed by atoms with Gasteiger partial charge in [-0.3, -0.25) is 9.59 Å². The molecule has 3 aromatic carbocycles. The van der Waals surface area contributed by atoms with Crippen LogP contribution in [0.2, 0.25) is 5.02 Å². The topological polar surface area (TPSA) is 115 Å². The molecule has 0 aliphatic heterocycles. The van der Waals surface area contributed by atoms with Gasteiger partial charge in [-0.1, -0.05) is 17.7 Å². The average molecular weight is 500 g/mol. The molecule has 0 aromatic heterocycles. The SMILES string of the molecule is COc1cccc(C(=O)Oc2ccc(/C=N/NC(=O)C(=O)Nc3ccc(F)c(Cl)c3)cc2OC)c1. The van der Waals surface area contributed by atoms with Crippen LogP contribution in [-0.2, 0) is 9.59 Å². The molecule has 9 nitrogen and oxygen atoms in total. The number of carbonyl (C=O) groups is 3. The normalized spacial score (nSPS) is 10.5. The molecule has 0 saturated heterocycles. The lowest BCUT2D eigenvalue weighted by atomic mass is 10.2. The molecule has 0 aliphatic rings. The second-order valence-electron chi connectivity index (χ2n) is 6.81. The number of benzene rings is 3. The predicted octanol–water partition coefficient (Wildman–Crippen LogP) is 3.80. The molecule has 0 saturated carbocycles. The molecule has 3 rings (SSSR count). The number of anilines is 1. The molecule has 35 heavy (non-hydrogen) atoms. The Balaban J connectivity index is 1.61. The smallest absolute Gasteiger partial charge is 0.343 e. The van der Waals surface area contributed by atoms with Gasteiger partial charge in [0.15, 0.2) is 11.5 Å². The van der Waals surface area contributed by atoms with Gasteiger partial charge < -0.3 is 19.5 Å². The van der Waals surface area contributed by atoms with E-state index in [0.717, 1.165) is 6.07 Å². The summed E-state index contributed by atoms with van der Waals surface area (Å²) in [6.45, 7) is 0.